The molecule has 9 atom stereocenters. The van der Waals surface area contributed by atoms with Crippen LogP contribution in [-0.4, -0.2) is 82.1 Å². The Kier molecular flexibility index (Phi) is 6.86. The zero-order valence-corrected chi connectivity index (χ0v) is 23.3. The van der Waals surface area contributed by atoms with E-state index in [1.165, 1.54) is 23.5 Å². The molecule has 4 aromatic heterocycles. The van der Waals surface area contributed by atoms with Crippen LogP contribution in [0.3, 0.4) is 0 Å². The van der Waals surface area contributed by atoms with E-state index >= 15 is 4.39 Å². The molecule has 222 valence electrons. The van der Waals surface area contributed by atoms with Crippen molar-refractivity contribution in [2.45, 2.75) is 37.1 Å². The smallest absolute Gasteiger partial charge is 0.382 e. The highest BCUT2D eigenvalue weighted by molar-refractivity contribution is 7.47. The van der Waals surface area contributed by atoms with Gasteiger partial charge in [0.25, 0.3) is 0 Å². The van der Waals surface area contributed by atoms with Crippen molar-refractivity contribution in [1.82, 2.24) is 39.0 Å². The Bertz CT molecular complexity index is 1720. The molecule has 0 spiro atoms. The Morgan fingerprint density at radius 1 is 0.952 bits per heavy atom. The van der Waals surface area contributed by atoms with Gasteiger partial charge in [0.2, 0.25) is 0 Å². The van der Waals surface area contributed by atoms with Gasteiger partial charge in [0, 0.05) is 16.5 Å². The van der Waals surface area contributed by atoms with E-state index in [1.54, 1.807) is 10.9 Å². The van der Waals surface area contributed by atoms with E-state index in [9.17, 15) is 14.0 Å². The van der Waals surface area contributed by atoms with Gasteiger partial charge in [-0.1, -0.05) is 0 Å². The molecular weight excluding hydrogens is 601 g/mol. The third-order valence-corrected chi connectivity index (χ3v) is 9.44. The number of hydrogen-bond donors (Lipinski definition) is 3. The van der Waals surface area contributed by atoms with Crippen LogP contribution in [0.5, 0.6) is 0 Å². The van der Waals surface area contributed by atoms with Crippen molar-refractivity contribution < 1.29 is 41.2 Å². The van der Waals surface area contributed by atoms with Gasteiger partial charge in [0.15, 0.2) is 35.3 Å². The summed E-state index contributed by atoms with van der Waals surface area (Å²) in [5.74, 6) is -0.350. The summed E-state index contributed by atoms with van der Waals surface area (Å²) in [7, 11) is -7.49. The highest BCUT2D eigenvalue weighted by atomic mass is 31.2. The summed E-state index contributed by atoms with van der Waals surface area (Å²) in [6, 6.07) is -0.230. The number of imidazole rings is 2. The Labute approximate surface area is 236 Å². The minimum Gasteiger partial charge on any atom is -0.382 e. The molecule has 3 aliphatic rings. The molecule has 0 radical (unpaired) electrons. The van der Waals surface area contributed by atoms with Gasteiger partial charge < -0.3 is 25.7 Å². The molecule has 18 nitrogen and oxygen atoms in total. The lowest BCUT2D eigenvalue weighted by Crippen LogP contribution is -2.43. The minimum absolute atomic E-state index is 0.0454. The van der Waals surface area contributed by atoms with Gasteiger partial charge in [-0.25, -0.2) is 38.9 Å². The second-order valence-electron chi connectivity index (χ2n) is 10.1. The van der Waals surface area contributed by atoms with Crippen molar-refractivity contribution in [2.24, 2.45) is 11.8 Å². The lowest BCUT2D eigenvalue weighted by Gasteiger charge is -2.44. The molecule has 1 saturated carbocycles. The molecule has 42 heavy (non-hydrogen) atoms. The van der Waals surface area contributed by atoms with Gasteiger partial charge >= 0.3 is 16.1 Å². The van der Waals surface area contributed by atoms with E-state index < -0.39 is 47.3 Å². The van der Waals surface area contributed by atoms with E-state index in [2.05, 4.69) is 29.9 Å². The first-order chi connectivity index (χ1) is 20.2. The van der Waals surface area contributed by atoms with E-state index in [0.717, 1.165) is 0 Å². The van der Waals surface area contributed by atoms with E-state index in [4.69, 9.17) is 34.3 Å². The standard InChI is InChI=1S/C21H23FN10O8P2/c22-13-16-12(39-21(13)32-8-30-15-18(24)26-6-28-20(15)32)4-37-41(33)36-3-10-9(2-38-42(34,35)40-16)1-11(10)31-7-29-14-17(23)25-5-27-19(14)31/h5-13,16,21H,1-4H2,(H4-,23,24,25,26,27,28,34,35)/p+1/t9-,10-,11-,12-,13-,16-,21-/m1/s1. The third kappa shape index (κ3) is 4.71. The molecule has 7 rings (SSSR count). The third-order valence-electron chi connectivity index (χ3n) is 7.74. The number of rotatable bonds is 2. The van der Waals surface area contributed by atoms with E-state index in [1.807, 2.05) is 0 Å². The van der Waals surface area contributed by atoms with Crippen molar-refractivity contribution >= 4 is 50.0 Å². The molecular formula is C21H24FN10O8P2+. The molecule has 5 N–H and O–H groups in total. The van der Waals surface area contributed by atoms with Crippen LogP contribution in [-0.2, 0) is 32.0 Å². The fourth-order valence-electron chi connectivity index (χ4n) is 5.58. The van der Waals surface area contributed by atoms with Gasteiger partial charge in [0.05, 0.1) is 19.3 Å². The van der Waals surface area contributed by atoms with E-state index in [0.29, 0.717) is 17.6 Å². The van der Waals surface area contributed by atoms with Crippen LogP contribution < -0.4 is 11.5 Å². The number of anilines is 2. The summed E-state index contributed by atoms with van der Waals surface area (Å²) in [5, 5.41) is 0. The summed E-state index contributed by atoms with van der Waals surface area (Å²) in [6.07, 6.45) is -0.529. The predicted octanol–water partition coefficient (Wildman–Crippen LogP) is 1.45. The monoisotopic (exact) mass is 625 g/mol. The highest BCUT2D eigenvalue weighted by Gasteiger charge is 2.53. The molecule has 0 bridgehead atoms. The first-order valence-electron chi connectivity index (χ1n) is 12.7. The molecule has 2 saturated heterocycles. The molecule has 6 heterocycles. The Hall–Kier alpha value is -3.28. The number of alkyl halides is 1. The Morgan fingerprint density at radius 2 is 1.60 bits per heavy atom. The van der Waals surface area contributed by atoms with Gasteiger partial charge in [-0.15, -0.1) is 9.05 Å². The van der Waals surface area contributed by atoms with Crippen molar-refractivity contribution in [3.63, 3.8) is 0 Å². The number of aromatic nitrogens is 8. The average Bonchev–Trinajstić information content (AvgIpc) is 3.64. The van der Waals surface area contributed by atoms with Gasteiger partial charge in [0.1, 0.15) is 49.1 Å². The average molecular weight is 625 g/mol. The molecule has 4 aromatic rings. The van der Waals surface area contributed by atoms with Crippen LogP contribution in [0.15, 0.2) is 25.3 Å². The number of nitrogens with zero attached hydrogens (tertiary/aromatic N) is 8. The summed E-state index contributed by atoms with van der Waals surface area (Å²) >= 11 is 0. The van der Waals surface area contributed by atoms with Crippen LogP contribution in [0, 0.1) is 11.8 Å². The zero-order chi connectivity index (χ0) is 29.2. The number of fused-ring (bicyclic) bond motifs is 4. The Balaban J connectivity index is 1.12. The van der Waals surface area contributed by atoms with Crippen molar-refractivity contribution in [3.8, 4) is 0 Å². The van der Waals surface area contributed by atoms with Crippen LogP contribution in [0.1, 0.15) is 18.7 Å². The quantitative estimate of drug-likeness (QED) is 0.267. The van der Waals surface area contributed by atoms with Crippen molar-refractivity contribution in [2.75, 3.05) is 31.3 Å². The lowest BCUT2D eigenvalue weighted by molar-refractivity contribution is -0.0423. The fourth-order valence-corrected chi connectivity index (χ4v) is 7.21. The molecule has 0 aromatic carbocycles. The second-order valence-corrected chi connectivity index (χ2v) is 12.4. The number of halogens is 1. The number of nitrogens with two attached hydrogens (primary N) is 2. The largest absolute Gasteiger partial charge is 0.697 e. The van der Waals surface area contributed by atoms with Crippen LogP contribution in [0.25, 0.3) is 22.3 Å². The zero-order valence-electron chi connectivity index (χ0n) is 21.5. The Morgan fingerprint density at radius 3 is 2.31 bits per heavy atom. The van der Waals surface area contributed by atoms with Gasteiger partial charge in [-0.05, 0) is 12.3 Å². The summed E-state index contributed by atoms with van der Waals surface area (Å²) < 4.78 is 71.9. The summed E-state index contributed by atoms with van der Waals surface area (Å²) in [5.41, 5.74) is 13.0. The lowest BCUT2D eigenvalue weighted by atomic mass is 9.70. The SMILES string of the molecule is Nc1ncnc2c1ncn2[C@@H]1C[C@@H]2COP(=O)(O)O[C@H]3[C@@H](F)[C@H](n4cnc5c(N)ncnc54)O[C@@H]3CO[P+](=O)OC[C@H]21. The number of ether oxygens (including phenoxy) is 1. The number of phosphoric acid groups is 1. The second kappa shape index (κ2) is 10.5. The fraction of sp³-hybridized carbons (Fsp3) is 0.524. The first-order valence-corrected chi connectivity index (χ1v) is 15.3. The van der Waals surface area contributed by atoms with Crippen molar-refractivity contribution in [3.05, 3.63) is 25.3 Å². The van der Waals surface area contributed by atoms with Gasteiger partial charge in [-0.2, -0.15) is 0 Å². The predicted molar refractivity (Wildman–Crippen MR) is 139 cm³/mol. The summed E-state index contributed by atoms with van der Waals surface area (Å²) in [4.78, 5) is 35.1. The maximum Gasteiger partial charge on any atom is 0.697 e. The number of nitrogen functional groups attached to an aromatic ring is 2. The number of phosphoric ester groups is 1. The molecule has 1 aliphatic carbocycles. The van der Waals surface area contributed by atoms with Crippen LogP contribution in [0.2, 0.25) is 0 Å². The molecule has 2 unspecified atom stereocenters. The van der Waals surface area contributed by atoms with Crippen LogP contribution >= 0.6 is 16.1 Å². The molecule has 3 fully saturated rings. The maximum atomic E-state index is 15.8. The first kappa shape index (κ1) is 27.5. The minimum atomic E-state index is -4.81. The van der Waals surface area contributed by atoms with Gasteiger partial charge in [-0.3, -0.25) is 13.6 Å². The topological polar surface area (TPSA) is 240 Å². The summed E-state index contributed by atoms with van der Waals surface area (Å²) in [6.45, 7) is -0.753. The van der Waals surface area contributed by atoms with Crippen LogP contribution in [0.4, 0.5) is 16.0 Å². The number of hydrogen-bond acceptors (Lipinski definition) is 15. The molecule has 0 amide bonds. The molecule has 2 aliphatic heterocycles. The highest BCUT2D eigenvalue weighted by Crippen LogP contribution is 2.53. The van der Waals surface area contributed by atoms with Crippen molar-refractivity contribution in [1.29, 1.82) is 0 Å². The molecule has 21 heteroatoms. The van der Waals surface area contributed by atoms with E-state index in [-0.39, 0.29) is 53.9 Å². The maximum absolute atomic E-state index is 15.8. The normalized spacial score (nSPS) is 35.1.